The lowest BCUT2D eigenvalue weighted by Crippen LogP contribution is -2.33. The monoisotopic (exact) mass is 271 g/mol. The summed E-state index contributed by atoms with van der Waals surface area (Å²) in [4.78, 5) is 12.0. The average Bonchev–Trinajstić information content (AvgIpc) is 2.94. The highest BCUT2D eigenvalue weighted by atomic mass is 16.2. The second kappa shape index (κ2) is 6.37. The molecule has 1 N–H and O–H groups in total. The van der Waals surface area contributed by atoms with Crippen molar-refractivity contribution >= 4 is 5.91 Å². The molecule has 1 heterocycles. The molecule has 0 aliphatic carbocycles. The van der Waals surface area contributed by atoms with Gasteiger partial charge >= 0.3 is 0 Å². The Morgan fingerprint density at radius 3 is 2.55 bits per heavy atom. The van der Waals surface area contributed by atoms with Crippen LogP contribution in [-0.2, 0) is 4.79 Å². The van der Waals surface area contributed by atoms with Gasteiger partial charge in [-0.25, -0.2) is 0 Å². The van der Waals surface area contributed by atoms with Gasteiger partial charge in [0.2, 0.25) is 5.91 Å². The number of aromatic nitrogens is 2. The lowest BCUT2D eigenvalue weighted by Gasteiger charge is -2.13. The first-order valence-electron chi connectivity index (χ1n) is 6.95. The number of hydrogen-bond acceptors (Lipinski definition) is 2. The highest BCUT2D eigenvalue weighted by molar-refractivity contribution is 5.80. The summed E-state index contributed by atoms with van der Waals surface area (Å²) < 4.78 is 1.71. The van der Waals surface area contributed by atoms with Crippen molar-refractivity contribution in [2.45, 2.75) is 26.8 Å². The Balaban J connectivity index is 2.07. The molecule has 0 saturated carbocycles. The van der Waals surface area contributed by atoms with Crippen molar-refractivity contribution < 1.29 is 4.79 Å². The minimum absolute atomic E-state index is 0.00131. The maximum Gasteiger partial charge on any atom is 0.244 e. The van der Waals surface area contributed by atoms with Crippen LogP contribution in [0.15, 0.2) is 42.7 Å². The Kier molecular flexibility index (Phi) is 4.56. The van der Waals surface area contributed by atoms with E-state index >= 15 is 0 Å². The van der Waals surface area contributed by atoms with Crippen LogP contribution >= 0.6 is 0 Å². The van der Waals surface area contributed by atoms with Crippen LogP contribution in [0.4, 0.5) is 0 Å². The summed E-state index contributed by atoms with van der Waals surface area (Å²) in [5.41, 5.74) is 2.13. The summed E-state index contributed by atoms with van der Waals surface area (Å²) in [7, 11) is 0. The van der Waals surface area contributed by atoms with Crippen LogP contribution < -0.4 is 5.32 Å². The Morgan fingerprint density at radius 1 is 1.20 bits per heavy atom. The highest BCUT2D eigenvalue weighted by Crippen LogP contribution is 2.19. The Bertz CT molecular complexity index is 560. The van der Waals surface area contributed by atoms with Crippen LogP contribution in [0.2, 0.25) is 0 Å². The minimum atomic E-state index is -0.300. The molecule has 2 aromatic rings. The summed E-state index contributed by atoms with van der Waals surface area (Å²) >= 11 is 0. The molecule has 0 saturated heterocycles. The Morgan fingerprint density at radius 2 is 1.90 bits per heavy atom. The van der Waals surface area contributed by atoms with Crippen molar-refractivity contribution in [3.8, 4) is 11.1 Å². The highest BCUT2D eigenvalue weighted by Gasteiger charge is 2.16. The lowest BCUT2D eigenvalue weighted by molar-refractivity contribution is -0.124. The average molecular weight is 271 g/mol. The molecule has 0 aliphatic rings. The van der Waals surface area contributed by atoms with Crippen molar-refractivity contribution in [3.63, 3.8) is 0 Å². The molecule has 1 aromatic carbocycles. The van der Waals surface area contributed by atoms with Gasteiger partial charge < -0.3 is 5.32 Å². The number of hydrogen-bond donors (Lipinski definition) is 1. The van der Waals surface area contributed by atoms with E-state index in [1.54, 1.807) is 10.9 Å². The first kappa shape index (κ1) is 14.3. The summed E-state index contributed by atoms with van der Waals surface area (Å²) in [6.45, 7) is 6.70. The van der Waals surface area contributed by atoms with Crippen molar-refractivity contribution in [3.05, 3.63) is 42.7 Å². The van der Waals surface area contributed by atoms with Crippen molar-refractivity contribution in [2.75, 3.05) is 6.54 Å². The van der Waals surface area contributed by atoms with Crippen LogP contribution in [0.3, 0.4) is 0 Å². The maximum absolute atomic E-state index is 12.0. The fraction of sp³-hybridized carbons (Fsp3) is 0.375. The molecule has 4 heteroatoms. The van der Waals surface area contributed by atoms with Gasteiger partial charge in [-0.15, -0.1) is 0 Å². The predicted molar refractivity (Wildman–Crippen MR) is 80.2 cm³/mol. The van der Waals surface area contributed by atoms with Gasteiger partial charge in [0.05, 0.1) is 6.20 Å². The first-order valence-corrected chi connectivity index (χ1v) is 6.95. The molecule has 0 fully saturated rings. The number of carbonyl (C=O) groups excluding carboxylic acids is 1. The van der Waals surface area contributed by atoms with Crippen LogP contribution in [0.5, 0.6) is 0 Å². The number of carbonyl (C=O) groups is 1. The van der Waals surface area contributed by atoms with Crippen LogP contribution in [0.1, 0.15) is 26.8 Å². The molecule has 0 bridgehead atoms. The molecule has 20 heavy (non-hydrogen) atoms. The van der Waals surface area contributed by atoms with Gasteiger partial charge in [0, 0.05) is 18.3 Å². The zero-order valence-electron chi connectivity index (χ0n) is 12.2. The van der Waals surface area contributed by atoms with E-state index in [0.717, 1.165) is 11.1 Å². The third-order valence-electron chi connectivity index (χ3n) is 3.17. The number of rotatable bonds is 5. The molecule has 106 valence electrons. The van der Waals surface area contributed by atoms with Crippen LogP contribution in [-0.4, -0.2) is 22.2 Å². The number of benzene rings is 1. The number of amides is 1. The first-order chi connectivity index (χ1) is 9.58. The van der Waals surface area contributed by atoms with Gasteiger partial charge in [0.25, 0.3) is 0 Å². The predicted octanol–water partition coefficient (Wildman–Crippen LogP) is 2.88. The van der Waals surface area contributed by atoms with E-state index in [4.69, 9.17) is 0 Å². The smallest absolute Gasteiger partial charge is 0.244 e. The molecule has 0 spiro atoms. The SMILES string of the molecule is CC(C)CNC(=O)C(C)n1cc(-c2ccccc2)cn1. The van der Waals surface area contributed by atoms with Crippen molar-refractivity contribution in [2.24, 2.45) is 5.92 Å². The third-order valence-corrected chi connectivity index (χ3v) is 3.17. The van der Waals surface area contributed by atoms with E-state index < -0.39 is 0 Å². The minimum Gasteiger partial charge on any atom is -0.354 e. The van der Waals surface area contributed by atoms with Crippen LogP contribution in [0.25, 0.3) is 11.1 Å². The van der Waals surface area contributed by atoms with Gasteiger partial charge in [-0.3, -0.25) is 9.48 Å². The number of nitrogens with zero attached hydrogens (tertiary/aromatic N) is 2. The van der Waals surface area contributed by atoms with Gasteiger partial charge in [-0.2, -0.15) is 5.10 Å². The molecule has 0 radical (unpaired) electrons. The maximum atomic E-state index is 12.0. The zero-order chi connectivity index (χ0) is 14.5. The van der Waals surface area contributed by atoms with Crippen molar-refractivity contribution in [1.29, 1.82) is 0 Å². The second-order valence-corrected chi connectivity index (χ2v) is 5.39. The van der Waals surface area contributed by atoms with Crippen molar-refractivity contribution in [1.82, 2.24) is 15.1 Å². The van der Waals surface area contributed by atoms with E-state index in [0.29, 0.717) is 12.5 Å². The molecule has 1 atom stereocenters. The topological polar surface area (TPSA) is 46.9 Å². The van der Waals surface area contributed by atoms with E-state index in [9.17, 15) is 4.79 Å². The standard InChI is InChI=1S/C16H21N3O/c1-12(2)9-17-16(20)13(3)19-11-15(10-18-19)14-7-5-4-6-8-14/h4-8,10-13H,9H2,1-3H3,(H,17,20). The van der Waals surface area contributed by atoms with Gasteiger partial charge in [-0.1, -0.05) is 44.2 Å². The second-order valence-electron chi connectivity index (χ2n) is 5.39. The zero-order valence-corrected chi connectivity index (χ0v) is 12.2. The van der Waals surface area contributed by atoms with Crippen LogP contribution in [0, 0.1) is 5.92 Å². The third kappa shape index (κ3) is 3.47. The summed E-state index contributed by atoms with van der Waals surface area (Å²) in [5, 5.41) is 7.23. The molecule has 0 aliphatic heterocycles. The van der Waals surface area contributed by atoms with E-state index in [1.165, 1.54) is 0 Å². The molecule has 1 aromatic heterocycles. The van der Waals surface area contributed by atoms with E-state index in [2.05, 4.69) is 24.3 Å². The molecule has 1 amide bonds. The van der Waals surface area contributed by atoms with E-state index in [1.807, 2.05) is 43.5 Å². The summed E-state index contributed by atoms with van der Waals surface area (Å²) in [6.07, 6.45) is 3.70. The van der Waals surface area contributed by atoms with Gasteiger partial charge in [0.15, 0.2) is 0 Å². The Labute approximate surface area is 119 Å². The van der Waals surface area contributed by atoms with Gasteiger partial charge in [0.1, 0.15) is 6.04 Å². The number of nitrogens with one attached hydrogen (secondary N) is 1. The molecule has 4 nitrogen and oxygen atoms in total. The van der Waals surface area contributed by atoms with E-state index in [-0.39, 0.29) is 11.9 Å². The summed E-state index contributed by atoms with van der Waals surface area (Å²) in [6, 6.07) is 9.73. The largest absolute Gasteiger partial charge is 0.354 e. The van der Waals surface area contributed by atoms with Gasteiger partial charge in [-0.05, 0) is 18.4 Å². The lowest BCUT2D eigenvalue weighted by atomic mass is 10.1. The summed E-state index contributed by atoms with van der Waals surface area (Å²) in [5.74, 6) is 0.449. The molecular weight excluding hydrogens is 250 g/mol. The Hall–Kier alpha value is -2.10. The molecular formula is C16H21N3O. The fourth-order valence-electron chi connectivity index (χ4n) is 1.90. The molecule has 2 rings (SSSR count). The quantitative estimate of drug-likeness (QED) is 0.909. The fourth-order valence-corrected chi connectivity index (χ4v) is 1.90. The molecule has 1 unspecified atom stereocenters. The normalized spacial score (nSPS) is 12.4.